The van der Waals surface area contributed by atoms with Crippen LogP contribution in [0.2, 0.25) is 0 Å². The van der Waals surface area contributed by atoms with E-state index in [-0.39, 0.29) is 11.6 Å². The lowest BCUT2D eigenvalue weighted by atomic mass is 10.2. The van der Waals surface area contributed by atoms with Gasteiger partial charge in [-0.1, -0.05) is 12.1 Å². The van der Waals surface area contributed by atoms with Crippen molar-refractivity contribution in [2.75, 3.05) is 6.61 Å². The summed E-state index contributed by atoms with van der Waals surface area (Å²) in [6.07, 6.45) is 1.27. The van der Waals surface area contributed by atoms with Gasteiger partial charge in [-0.3, -0.25) is 0 Å². The summed E-state index contributed by atoms with van der Waals surface area (Å²) in [6.45, 7) is -0.422. The molecule has 0 atom stereocenters. The molecule has 0 aliphatic carbocycles. The fourth-order valence-corrected chi connectivity index (χ4v) is 2.50. The predicted octanol–water partition coefficient (Wildman–Crippen LogP) is 1.22. The predicted molar refractivity (Wildman–Crippen MR) is 72.3 cm³/mol. The second kappa shape index (κ2) is 6.42. The maximum Gasteiger partial charge on any atom is 0.341 e. The van der Waals surface area contributed by atoms with Crippen LogP contribution in [0.3, 0.4) is 0 Å². The topological polar surface area (TPSA) is 106 Å². The first-order valence-electron chi connectivity index (χ1n) is 5.94. The number of aliphatic carboxylic acids is 1. The summed E-state index contributed by atoms with van der Waals surface area (Å²) >= 11 is 0. The van der Waals surface area contributed by atoms with Gasteiger partial charge in [-0.05, 0) is 29.8 Å². The standard InChI is InChI=1S/C13H13NO6S/c15-12(16)9-20-11-4-1-3-10(7-11)8-14-21(17,18)13-5-2-6-19-13/h1-7,14H,8-9H2,(H,15,16). The highest BCUT2D eigenvalue weighted by atomic mass is 32.2. The molecular weight excluding hydrogens is 298 g/mol. The van der Waals surface area contributed by atoms with Crippen LogP contribution in [0.5, 0.6) is 5.75 Å². The molecule has 0 bridgehead atoms. The highest BCUT2D eigenvalue weighted by Gasteiger charge is 2.16. The summed E-state index contributed by atoms with van der Waals surface area (Å²) in [7, 11) is -3.71. The van der Waals surface area contributed by atoms with Gasteiger partial charge >= 0.3 is 5.97 Å². The first-order chi connectivity index (χ1) is 9.97. The second-order valence-electron chi connectivity index (χ2n) is 4.09. The Balaban J connectivity index is 2.00. The number of rotatable bonds is 7. The summed E-state index contributed by atoms with van der Waals surface area (Å²) in [5.41, 5.74) is 0.632. The summed E-state index contributed by atoms with van der Waals surface area (Å²) in [4.78, 5) is 10.4. The van der Waals surface area contributed by atoms with Crippen molar-refractivity contribution in [3.63, 3.8) is 0 Å². The third kappa shape index (κ3) is 4.33. The Bertz CT molecular complexity index is 708. The van der Waals surface area contributed by atoms with Gasteiger partial charge in [0.05, 0.1) is 6.26 Å². The number of carbonyl (C=O) groups is 1. The van der Waals surface area contributed by atoms with Gasteiger partial charge < -0.3 is 14.3 Å². The molecule has 0 saturated heterocycles. The van der Waals surface area contributed by atoms with Crippen molar-refractivity contribution >= 4 is 16.0 Å². The number of furan rings is 1. The van der Waals surface area contributed by atoms with E-state index in [4.69, 9.17) is 14.3 Å². The van der Waals surface area contributed by atoms with Crippen LogP contribution in [0.15, 0.2) is 52.2 Å². The molecule has 2 N–H and O–H groups in total. The van der Waals surface area contributed by atoms with Crippen molar-refractivity contribution in [1.29, 1.82) is 0 Å². The first kappa shape index (κ1) is 15.1. The minimum Gasteiger partial charge on any atom is -0.482 e. The molecule has 2 rings (SSSR count). The number of sulfonamides is 1. The van der Waals surface area contributed by atoms with E-state index in [0.717, 1.165) is 0 Å². The zero-order chi connectivity index (χ0) is 15.3. The number of nitrogens with one attached hydrogen (secondary N) is 1. The van der Waals surface area contributed by atoms with Gasteiger partial charge in [0.15, 0.2) is 6.61 Å². The molecule has 1 aromatic heterocycles. The minimum atomic E-state index is -3.71. The van der Waals surface area contributed by atoms with Gasteiger partial charge in [0.1, 0.15) is 5.75 Å². The van der Waals surface area contributed by atoms with Crippen LogP contribution in [0.1, 0.15) is 5.56 Å². The van der Waals surface area contributed by atoms with E-state index in [1.54, 1.807) is 24.3 Å². The number of hydrogen-bond acceptors (Lipinski definition) is 5. The molecule has 0 saturated carbocycles. The minimum absolute atomic E-state index is 0.0350. The molecule has 0 amide bonds. The molecule has 1 aromatic carbocycles. The summed E-state index contributed by atoms with van der Waals surface area (Å²) in [6, 6.07) is 9.32. The summed E-state index contributed by atoms with van der Waals surface area (Å²) in [5, 5.41) is 8.37. The normalized spacial score (nSPS) is 11.2. The van der Waals surface area contributed by atoms with E-state index in [2.05, 4.69) is 4.72 Å². The van der Waals surface area contributed by atoms with Crippen molar-refractivity contribution in [2.45, 2.75) is 11.6 Å². The van der Waals surface area contributed by atoms with Crippen LogP contribution in [-0.4, -0.2) is 26.1 Å². The molecule has 2 aromatic rings. The lowest BCUT2D eigenvalue weighted by Crippen LogP contribution is -2.22. The molecule has 21 heavy (non-hydrogen) atoms. The van der Waals surface area contributed by atoms with E-state index in [0.29, 0.717) is 11.3 Å². The molecule has 0 spiro atoms. The average Bonchev–Trinajstić information content (AvgIpc) is 2.98. The van der Waals surface area contributed by atoms with E-state index in [1.165, 1.54) is 18.4 Å². The van der Waals surface area contributed by atoms with Crippen molar-refractivity contribution in [3.05, 3.63) is 48.2 Å². The van der Waals surface area contributed by atoms with Crippen molar-refractivity contribution in [1.82, 2.24) is 4.72 Å². The number of ether oxygens (including phenoxy) is 1. The zero-order valence-corrected chi connectivity index (χ0v) is 11.7. The Morgan fingerprint density at radius 3 is 2.76 bits per heavy atom. The highest BCUT2D eigenvalue weighted by Crippen LogP contribution is 2.14. The number of hydrogen-bond donors (Lipinski definition) is 2. The maximum atomic E-state index is 11.9. The molecule has 0 fully saturated rings. The van der Waals surface area contributed by atoms with Crippen molar-refractivity contribution < 1.29 is 27.5 Å². The number of carboxylic acid groups (broad SMARTS) is 1. The Hall–Kier alpha value is -2.32. The zero-order valence-electron chi connectivity index (χ0n) is 10.9. The van der Waals surface area contributed by atoms with Gasteiger partial charge in [0.25, 0.3) is 10.0 Å². The van der Waals surface area contributed by atoms with Crippen molar-refractivity contribution in [2.24, 2.45) is 0 Å². The third-order valence-corrected chi connectivity index (χ3v) is 3.77. The van der Waals surface area contributed by atoms with Crippen LogP contribution >= 0.6 is 0 Å². The van der Waals surface area contributed by atoms with Gasteiger partial charge in [-0.25, -0.2) is 17.9 Å². The van der Waals surface area contributed by atoms with E-state index < -0.39 is 22.6 Å². The largest absolute Gasteiger partial charge is 0.482 e. The lowest BCUT2D eigenvalue weighted by molar-refractivity contribution is -0.139. The molecular formula is C13H13NO6S. The third-order valence-electron chi connectivity index (χ3n) is 2.49. The molecule has 0 aliphatic heterocycles. The Labute approximate surface area is 121 Å². The first-order valence-corrected chi connectivity index (χ1v) is 7.42. The molecule has 7 nitrogen and oxygen atoms in total. The maximum absolute atomic E-state index is 11.9. The fraction of sp³-hybridized carbons (Fsp3) is 0.154. The van der Waals surface area contributed by atoms with Gasteiger partial charge in [0, 0.05) is 6.54 Å². The SMILES string of the molecule is O=C(O)COc1cccc(CNS(=O)(=O)c2ccco2)c1. The van der Waals surface area contributed by atoms with E-state index in [1.807, 2.05) is 0 Å². The number of benzene rings is 1. The lowest BCUT2D eigenvalue weighted by Gasteiger charge is -2.07. The van der Waals surface area contributed by atoms with Gasteiger partial charge in [-0.15, -0.1) is 0 Å². The summed E-state index contributed by atoms with van der Waals surface area (Å²) in [5.74, 6) is -0.731. The Morgan fingerprint density at radius 1 is 1.29 bits per heavy atom. The average molecular weight is 311 g/mol. The van der Waals surface area contributed by atoms with Crippen LogP contribution in [0.4, 0.5) is 0 Å². The van der Waals surface area contributed by atoms with Gasteiger partial charge in [0.2, 0.25) is 5.09 Å². The van der Waals surface area contributed by atoms with Crippen LogP contribution in [0.25, 0.3) is 0 Å². The van der Waals surface area contributed by atoms with Crippen LogP contribution in [0, 0.1) is 0 Å². The molecule has 0 radical (unpaired) electrons. The fourth-order valence-electron chi connectivity index (χ4n) is 1.56. The molecule has 0 unspecified atom stereocenters. The molecule has 112 valence electrons. The second-order valence-corrected chi connectivity index (χ2v) is 5.78. The Morgan fingerprint density at radius 2 is 2.10 bits per heavy atom. The monoisotopic (exact) mass is 311 g/mol. The van der Waals surface area contributed by atoms with E-state index >= 15 is 0 Å². The molecule has 0 aliphatic rings. The van der Waals surface area contributed by atoms with E-state index in [9.17, 15) is 13.2 Å². The Kier molecular flexibility index (Phi) is 4.61. The van der Waals surface area contributed by atoms with Crippen LogP contribution in [-0.2, 0) is 21.4 Å². The highest BCUT2D eigenvalue weighted by molar-refractivity contribution is 7.89. The molecule has 8 heteroatoms. The van der Waals surface area contributed by atoms with Crippen molar-refractivity contribution in [3.8, 4) is 5.75 Å². The molecule has 1 heterocycles. The smallest absolute Gasteiger partial charge is 0.341 e. The summed E-state index contributed by atoms with van der Waals surface area (Å²) < 4.78 is 35.9. The number of carboxylic acids is 1. The van der Waals surface area contributed by atoms with Crippen LogP contribution < -0.4 is 9.46 Å². The van der Waals surface area contributed by atoms with Gasteiger partial charge in [-0.2, -0.15) is 0 Å². The quantitative estimate of drug-likeness (QED) is 0.796.